The molecule has 3 aromatic carbocycles. The fourth-order valence-electron chi connectivity index (χ4n) is 6.16. The first-order valence-electron chi connectivity index (χ1n) is 14.2. The zero-order chi connectivity index (χ0) is 29.7. The van der Waals surface area contributed by atoms with Crippen LogP contribution < -0.4 is 21.7 Å². The summed E-state index contributed by atoms with van der Waals surface area (Å²) < 4.78 is 0. The molecule has 1 aromatic heterocycles. The normalized spacial score (nSPS) is 15.3. The second-order valence-electron chi connectivity index (χ2n) is 10.7. The van der Waals surface area contributed by atoms with Crippen LogP contribution in [0.1, 0.15) is 50.2 Å². The van der Waals surface area contributed by atoms with E-state index in [4.69, 9.17) is 11.5 Å². The quantitative estimate of drug-likeness (QED) is 0.185. The van der Waals surface area contributed by atoms with Gasteiger partial charge >= 0.3 is 0 Å². The summed E-state index contributed by atoms with van der Waals surface area (Å²) in [6, 6.07) is 23.7. The fraction of sp³-hybridized carbons (Fsp3) is 0.235. The number of para-hydroxylation sites is 2. The molecule has 5 rings (SSSR count). The van der Waals surface area contributed by atoms with E-state index in [0.29, 0.717) is 22.6 Å². The maximum atomic E-state index is 13.7. The van der Waals surface area contributed by atoms with E-state index in [1.807, 2.05) is 54.6 Å². The van der Waals surface area contributed by atoms with Crippen LogP contribution in [-0.2, 0) is 19.9 Å². The van der Waals surface area contributed by atoms with Gasteiger partial charge in [-0.25, -0.2) is 0 Å². The molecule has 1 aliphatic rings. The summed E-state index contributed by atoms with van der Waals surface area (Å²) >= 11 is 0. The lowest BCUT2D eigenvalue weighted by Crippen LogP contribution is -2.61. The molecule has 1 aliphatic carbocycles. The van der Waals surface area contributed by atoms with Crippen LogP contribution in [0.2, 0.25) is 0 Å². The Kier molecular flexibility index (Phi) is 8.33. The van der Waals surface area contributed by atoms with Gasteiger partial charge in [0, 0.05) is 30.3 Å². The summed E-state index contributed by atoms with van der Waals surface area (Å²) in [5, 5.41) is 3.63. The molecular formula is C34H35N5O3. The fourth-order valence-corrected chi connectivity index (χ4v) is 6.16. The highest BCUT2D eigenvalue weighted by molar-refractivity contribution is 6.05. The minimum atomic E-state index is -1.40. The van der Waals surface area contributed by atoms with Gasteiger partial charge in [-0.15, -0.1) is 0 Å². The number of hydrogen-bond donors (Lipinski definition) is 3. The van der Waals surface area contributed by atoms with Crippen molar-refractivity contribution in [1.82, 2.24) is 4.98 Å². The number of rotatable bonds is 8. The Morgan fingerprint density at radius 3 is 2.38 bits per heavy atom. The Labute approximate surface area is 245 Å². The molecule has 1 fully saturated rings. The van der Waals surface area contributed by atoms with Gasteiger partial charge < -0.3 is 16.8 Å². The third-order valence-electron chi connectivity index (χ3n) is 8.08. The predicted octanol–water partition coefficient (Wildman–Crippen LogP) is 5.78. The average molecular weight is 562 g/mol. The summed E-state index contributed by atoms with van der Waals surface area (Å²) in [5.41, 5.74) is 14.6. The van der Waals surface area contributed by atoms with Gasteiger partial charge in [0.15, 0.2) is 5.54 Å². The molecule has 214 valence electrons. The lowest BCUT2D eigenvalue weighted by molar-refractivity contribution is -0.130. The predicted molar refractivity (Wildman–Crippen MR) is 167 cm³/mol. The number of fused-ring (bicyclic) bond motifs is 1. The van der Waals surface area contributed by atoms with Gasteiger partial charge in [-0.3, -0.25) is 24.3 Å². The first kappa shape index (κ1) is 28.5. The molecule has 42 heavy (non-hydrogen) atoms. The maximum absolute atomic E-state index is 13.7. The van der Waals surface area contributed by atoms with Crippen LogP contribution in [-0.4, -0.2) is 22.7 Å². The van der Waals surface area contributed by atoms with Crippen molar-refractivity contribution in [2.45, 2.75) is 44.6 Å². The van der Waals surface area contributed by atoms with Crippen LogP contribution in [0.5, 0.6) is 0 Å². The Bertz CT molecular complexity index is 1640. The van der Waals surface area contributed by atoms with Gasteiger partial charge in [-0.1, -0.05) is 61.7 Å². The van der Waals surface area contributed by atoms with Crippen molar-refractivity contribution in [3.63, 3.8) is 0 Å². The van der Waals surface area contributed by atoms with E-state index in [9.17, 15) is 14.4 Å². The first-order valence-corrected chi connectivity index (χ1v) is 14.2. The molecule has 1 saturated carbocycles. The van der Waals surface area contributed by atoms with Crippen LogP contribution in [0.3, 0.4) is 0 Å². The van der Waals surface area contributed by atoms with Crippen LogP contribution in [0.4, 0.5) is 17.1 Å². The molecular weight excluding hydrogens is 526 g/mol. The van der Waals surface area contributed by atoms with E-state index in [2.05, 4.69) is 10.3 Å². The molecule has 1 atom stereocenters. The molecule has 8 nitrogen and oxygen atoms in total. The third-order valence-corrected chi connectivity index (χ3v) is 8.08. The van der Waals surface area contributed by atoms with Crippen molar-refractivity contribution >= 4 is 51.8 Å². The monoisotopic (exact) mass is 561 g/mol. The average Bonchev–Trinajstić information content (AvgIpc) is 3.00. The van der Waals surface area contributed by atoms with Crippen LogP contribution >= 0.6 is 0 Å². The van der Waals surface area contributed by atoms with Crippen LogP contribution in [0.15, 0.2) is 91.1 Å². The molecule has 0 saturated heterocycles. The van der Waals surface area contributed by atoms with Gasteiger partial charge in [-0.2, -0.15) is 0 Å². The second-order valence-corrected chi connectivity index (χ2v) is 10.7. The summed E-state index contributed by atoms with van der Waals surface area (Å²) in [6.07, 6.45) is 9.35. The molecule has 0 bridgehead atoms. The van der Waals surface area contributed by atoms with Crippen molar-refractivity contribution in [3.8, 4) is 0 Å². The van der Waals surface area contributed by atoms with E-state index in [1.165, 1.54) is 13.0 Å². The number of pyridine rings is 1. The summed E-state index contributed by atoms with van der Waals surface area (Å²) in [6.45, 7) is 1.48. The highest BCUT2D eigenvalue weighted by atomic mass is 16.2. The number of nitrogens with zero attached hydrogens (tertiary/aromatic N) is 2. The van der Waals surface area contributed by atoms with Crippen LogP contribution in [0.25, 0.3) is 17.0 Å². The van der Waals surface area contributed by atoms with Gasteiger partial charge in [-0.05, 0) is 72.4 Å². The maximum Gasteiger partial charge on any atom is 0.248 e. The Balaban J connectivity index is 1.54. The zero-order valence-electron chi connectivity index (χ0n) is 23.6. The number of hydrogen-bond acceptors (Lipinski definition) is 5. The molecule has 0 radical (unpaired) electrons. The topological polar surface area (TPSA) is 131 Å². The smallest absolute Gasteiger partial charge is 0.248 e. The lowest BCUT2D eigenvalue weighted by atomic mass is 9.69. The van der Waals surface area contributed by atoms with Crippen molar-refractivity contribution in [2.24, 2.45) is 11.7 Å². The van der Waals surface area contributed by atoms with E-state index < -0.39 is 11.4 Å². The SMILES string of the molecule is CC(=O)N(c1ccc2ncccc2c1)C(C(N)=O)(c1ccc(/C=C/C(=O)Nc2ccccc2N)cc1)C1CCCCC1. The Hall–Kier alpha value is -4.98. The van der Waals surface area contributed by atoms with Crippen molar-refractivity contribution < 1.29 is 14.4 Å². The molecule has 5 N–H and O–H groups in total. The van der Waals surface area contributed by atoms with Gasteiger partial charge in [0.05, 0.1) is 16.9 Å². The van der Waals surface area contributed by atoms with Crippen LogP contribution in [0, 0.1) is 5.92 Å². The molecule has 8 heteroatoms. The highest BCUT2D eigenvalue weighted by Crippen LogP contribution is 2.46. The Morgan fingerprint density at radius 2 is 1.69 bits per heavy atom. The van der Waals surface area contributed by atoms with E-state index >= 15 is 0 Å². The number of aromatic nitrogens is 1. The number of nitrogens with two attached hydrogens (primary N) is 2. The number of amides is 3. The van der Waals surface area contributed by atoms with Crippen molar-refractivity contribution in [1.29, 1.82) is 0 Å². The molecule has 3 amide bonds. The molecule has 0 aliphatic heterocycles. The van der Waals surface area contributed by atoms with Gasteiger partial charge in [0.25, 0.3) is 0 Å². The third kappa shape index (κ3) is 5.61. The highest BCUT2D eigenvalue weighted by Gasteiger charge is 2.52. The number of primary amides is 1. The summed E-state index contributed by atoms with van der Waals surface area (Å²) in [4.78, 5) is 45.7. The van der Waals surface area contributed by atoms with Gasteiger partial charge in [0.1, 0.15) is 0 Å². The minimum Gasteiger partial charge on any atom is -0.397 e. The Morgan fingerprint density at radius 1 is 0.952 bits per heavy atom. The van der Waals surface area contributed by atoms with E-state index in [-0.39, 0.29) is 17.7 Å². The van der Waals surface area contributed by atoms with Gasteiger partial charge in [0.2, 0.25) is 17.7 Å². The molecule has 1 heterocycles. The van der Waals surface area contributed by atoms with E-state index in [1.54, 1.807) is 41.4 Å². The molecule has 1 unspecified atom stereocenters. The number of carbonyl (C=O) groups excluding carboxylic acids is 3. The standard InChI is InChI=1S/C34H35N5O3/c1-23(40)39(28-18-19-30-25(22-28)8-7-21-37-30)34(33(36)42,26-9-3-2-4-10-26)27-16-13-24(14-17-27)15-20-32(41)38-31-12-6-5-11-29(31)35/h5-8,11-22,26H,2-4,9-10,35H2,1H3,(H2,36,42)(H,38,41)/b20-15+. The second kappa shape index (κ2) is 12.3. The summed E-state index contributed by atoms with van der Waals surface area (Å²) in [7, 11) is 0. The largest absolute Gasteiger partial charge is 0.397 e. The number of nitrogen functional groups attached to an aromatic ring is 1. The number of nitrogens with one attached hydrogen (secondary N) is 1. The minimum absolute atomic E-state index is 0.166. The number of carbonyl (C=O) groups is 3. The zero-order valence-corrected chi connectivity index (χ0v) is 23.6. The van der Waals surface area contributed by atoms with E-state index in [0.717, 1.165) is 48.6 Å². The number of benzene rings is 3. The number of anilines is 3. The van der Waals surface area contributed by atoms with Crippen molar-refractivity contribution in [2.75, 3.05) is 16.0 Å². The summed E-state index contributed by atoms with van der Waals surface area (Å²) in [5.74, 6) is -1.33. The van der Waals surface area contributed by atoms with Crippen molar-refractivity contribution in [3.05, 3.63) is 102 Å². The molecule has 4 aromatic rings. The molecule has 0 spiro atoms. The lowest BCUT2D eigenvalue weighted by Gasteiger charge is -2.48. The first-order chi connectivity index (χ1) is 20.3.